The Morgan fingerprint density at radius 1 is 0.329 bits per heavy atom. The lowest BCUT2D eigenvalue weighted by molar-refractivity contribution is 0.433. The number of hydrogen-bond donors (Lipinski definition) is 0. The second-order valence-electron chi connectivity index (χ2n) is 26.0. The summed E-state index contributed by atoms with van der Waals surface area (Å²) in [6.07, 6.45) is 12.9. The number of rotatable bonds is 5. The van der Waals surface area contributed by atoms with E-state index in [1.165, 1.54) is 153 Å². The average Bonchev–Trinajstić information content (AvgIpc) is 3.93. The molecule has 2 saturated carbocycles. The molecule has 3 heteroatoms. The molecule has 0 aromatic heterocycles. The molecule has 4 aliphatic carbocycles. The van der Waals surface area contributed by atoms with Crippen LogP contribution in [0.25, 0.3) is 22.3 Å². The summed E-state index contributed by atoms with van der Waals surface area (Å²) in [7, 11) is 0. The average molecular weight is 1030 g/mol. The molecule has 0 amide bonds. The van der Waals surface area contributed by atoms with Gasteiger partial charge in [0.2, 0.25) is 0 Å². The summed E-state index contributed by atoms with van der Waals surface area (Å²) in [6.45, 7) is 13.9. The third-order valence-corrected chi connectivity index (χ3v) is 19.5. The summed E-state index contributed by atoms with van der Waals surface area (Å²) in [4.78, 5) is 2.51. The molecule has 9 aromatic rings. The lowest BCUT2D eigenvalue weighted by Crippen LogP contribution is -2.33. The fourth-order valence-electron chi connectivity index (χ4n) is 15.5. The maximum Gasteiger partial charge on any atom is 0.132 e. The fourth-order valence-corrected chi connectivity index (χ4v) is 15.5. The van der Waals surface area contributed by atoms with Crippen LogP contribution in [0.2, 0.25) is 0 Å². The first-order valence-corrected chi connectivity index (χ1v) is 29.7. The van der Waals surface area contributed by atoms with Gasteiger partial charge in [-0.05, 0) is 188 Å². The van der Waals surface area contributed by atoms with Gasteiger partial charge >= 0.3 is 0 Å². The maximum absolute atomic E-state index is 7.21. The molecule has 15 rings (SSSR count). The normalized spacial score (nSPS) is 17.3. The fraction of sp³-hybridized carbons (Fsp3) is 0.289. The molecule has 2 heterocycles. The number of para-hydroxylation sites is 2. The quantitative estimate of drug-likeness (QED) is 0.171. The van der Waals surface area contributed by atoms with Crippen LogP contribution >= 0.6 is 0 Å². The molecule has 2 spiro atoms. The number of ether oxygens (including phenoxy) is 2. The minimum Gasteiger partial charge on any atom is -0.457 e. The lowest BCUT2D eigenvalue weighted by Gasteiger charge is -2.41. The maximum atomic E-state index is 7.21. The van der Waals surface area contributed by atoms with E-state index in [4.69, 9.17) is 9.47 Å². The standard InChI is InChI=1S/C76H71NO2/c1-73(2,3)52-32-39-70-66(44-52)75(67-45-53(74(4,5)6)33-40-71(67)79-70)61-27-17-16-26-57(61)60-38-34-55(46-65(60)75)77(54-24-14-9-15-25-54)56-35-41-72-68(47-56)76(62-28-18-19-29-69(62)78-72)63-42-50(48-20-10-7-11-21-48)30-36-58(63)59-37-31-51(43-64(59)76)49-22-12-8-13-23-49/h9,14-19,24-49H,7-8,10-13,20-23H2,1-6H3. The molecule has 2 fully saturated rings. The third kappa shape index (κ3) is 7.30. The number of hydrogen-bond acceptors (Lipinski definition) is 3. The SMILES string of the molecule is CC(C)(C)c1ccc2c(c1)C1(c3cc(C(C)(C)C)ccc3O2)c2ccccc2-c2ccc(N(c3ccccc3)c3ccc4c(c3)C3(c5ccccc5O4)c4cc(C5CCCCC5)ccc4-c4ccc(C5CCCCC5)cc43)cc21. The topological polar surface area (TPSA) is 21.7 Å². The minimum absolute atomic E-state index is 0.0834. The highest BCUT2D eigenvalue weighted by Crippen LogP contribution is 2.66. The lowest BCUT2D eigenvalue weighted by atomic mass is 9.64. The van der Waals surface area contributed by atoms with E-state index in [9.17, 15) is 0 Å². The first-order chi connectivity index (χ1) is 38.4. The molecule has 0 unspecified atom stereocenters. The zero-order chi connectivity index (χ0) is 53.4. The Hall–Kier alpha value is -7.62. The Morgan fingerprint density at radius 3 is 1.29 bits per heavy atom. The molecule has 3 nitrogen and oxygen atoms in total. The second-order valence-corrected chi connectivity index (χ2v) is 26.0. The van der Waals surface area contributed by atoms with Gasteiger partial charge in [0.05, 0.1) is 10.8 Å². The van der Waals surface area contributed by atoms with Gasteiger partial charge in [-0.15, -0.1) is 0 Å². The van der Waals surface area contributed by atoms with Gasteiger partial charge in [0.1, 0.15) is 23.0 Å². The van der Waals surface area contributed by atoms with E-state index in [0.29, 0.717) is 11.8 Å². The van der Waals surface area contributed by atoms with Crippen molar-refractivity contribution in [2.24, 2.45) is 0 Å². The van der Waals surface area contributed by atoms with E-state index in [1.807, 2.05) is 0 Å². The Bertz CT molecular complexity index is 3780. The Morgan fingerprint density at radius 2 is 0.734 bits per heavy atom. The van der Waals surface area contributed by atoms with Gasteiger partial charge in [0, 0.05) is 39.3 Å². The molecule has 0 atom stereocenters. The molecule has 79 heavy (non-hydrogen) atoms. The molecule has 9 aromatic carbocycles. The molecular weight excluding hydrogens is 959 g/mol. The van der Waals surface area contributed by atoms with Crippen LogP contribution < -0.4 is 14.4 Å². The molecule has 0 saturated heterocycles. The van der Waals surface area contributed by atoms with Crippen LogP contribution in [0.3, 0.4) is 0 Å². The largest absolute Gasteiger partial charge is 0.457 e. The summed E-state index contributed by atoms with van der Waals surface area (Å²) in [5, 5.41) is 0. The molecule has 6 aliphatic rings. The summed E-state index contributed by atoms with van der Waals surface area (Å²) in [6, 6.07) is 72.8. The Labute approximate surface area is 468 Å². The highest BCUT2D eigenvalue weighted by molar-refractivity contribution is 5.93. The monoisotopic (exact) mass is 1030 g/mol. The van der Waals surface area contributed by atoms with Crippen molar-refractivity contribution in [1.29, 1.82) is 0 Å². The molecule has 0 bridgehead atoms. The van der Waals surface area contributed by atoms with Crippen LogP contribution in [-0.2, 0) is 21.7 Å². The summed E-state index contributed by atoms with van der Waals surface area (Å²) in [5.41, 5.74) is 22.8. The van der Waals surface area contributed by atoms with Gasteiger partial charge in [-0.3, -0.25) is 0 Å². The van der Waals surface area contributed by atoms with Crippen molar-refractivity contribution in [2.45, 2.75) is 139 Å². The van der Waals surface area contributed by atoms with Crippen LogP contribution in [0.4, 0.5) is 17.1 Å². The van der Waals surface area contributed by atoms with Gasteiger partial charge in [0.25, 0.3) is 0 Å². The highest BCUT2D eigenvalue weighted by Gasteiger charge is 2.54. The van der Waals surface area contributed by atoms with E-state index >= 15 is 0 Å². The van der Waals surface area contributed by atoms with Crippen molar-refractivity contribution in [3.05, 3.63) is 255 Å². The molecule has 392 valence electrons. The number of nitrogens with zero attached hydrogens (tertiary/aromatic N) is 1. The number of fused-ring (bicyclic) bond motifs is 18. The predicted molar refractivity (Wildman–Crippen MR) is 325 cm³/mol. The van der Waals surface area contributed by atoms with E-state index in [-0.39, 0.29) is 10.8 Å². The van der Waals surface area contributed by atoms with E-state index in [2.05, 4.69) is 234 Å². The predicted octanol–water partition coefficient (Wildman–Crippen LogP) is 20.8. The van der Waals surface area contributed by atoms with Crippen LogP contribution in [0.15, 0.2) is 188 Å². The molecule has 2 aliphatic heterocycles. The van der Waals surface area contributed by atoms with Gasteiger partial charge in [-0.1, -0.05) is 195 Å². The first-order valence-electron chi connectivity index (χ1n) is 29.7. The first kappa shape index (κ1) is 48.5. The zero-order valence-corrected chi connectivity index (χ0v) is 46.9. The smallest absolute Gasteiger partial charge is 0.132 e. The van der Waals surface area contributed by atoms with Gasteiger partial charge < -0.3 is 14.4 Å². The van der Waals surface area contributed by atoms with E-state index in [0.717, 1.165) is 40.1 Å². The summed E-state index contributed by atoms with van der Waals surface area (Å²) < 4.78 is 14.3. The molecule has 0 N–H and O–H groups in total. The minimum atomic E-state index is -0.670. The van der Waals surface area contributed by atoms with Gasteiger partial charge in [-0.2, -0.15) is 0 Å². The van der Waals surface area contributed by atoms with Crippen molar-refractivity contribution in [3.8, 4) is 45.3 Å². The Balaban J connectivity index is 0.989. The van der Waals surface area contributed by atoms with Crippen molar-refractivity contribution in [2.75, 3.05) is 4.90 Å². The number of anilines is 3. The summed E-state index contributed by atoms with van der Waals surface area (Å²) >= 11 is 0. The van der Waals surface area contributed by atoms with Gasteiger partial charge in [0.15, 0.2) is 0 Å². The second kappa shape index (κ2) is 18.0. The molecule has 0 radical (unpaired) electrons. The van der Waals surface area contributed by atoms with Crippen LogP contribution in [-0.4, -0.2) is 0 Å². The highest BCUT2D eigenvalue weighted by atomic mass is 16.5. The van der Waals surface area contributed by atoms with Crippen molar-refractivity contribution < 1.29 is 9.47 Å². The Kier molecular flexibility index (Phi) is 11.0. The van der Waals surface area contributed by atoms with Crippen molar-refractivity contribution in [3.63, 3.8) is 0 Å². The van der Waals surface area contributed by atoms with E-state index < -0.39 is 10.8 Å². The van der Waals surface area contributed by atoms with E-state index in [1.54, 1.807) is 0 Å². The van der Waals surface area contributed by atoms with Crippen molar-refractivity contribution >= 4 is 17.1 Å². The van der Waals surface area contributed by atoms with Crippen LogP contribution in [0.1, 0.15) is 184 Å². The van der Waals surface area contributed by atoms with Crippen LogP contribution in [0.5, 0.6) is 23.0 Å². The third-order valence-electron chi connectivity index (χ3n) is 19.5. The number of benzene rings is 9. The zero-order valence-electron chi connectivity index (χ0n) is 46.9. The summed E-state index contributed by atoms with van der Waals surface area (Å²) in [5.74, 6) is 4.81. The van der Waals surface area contributed by atoms with Gasteiger partial charge in [-0.25, -0.2) is 0 Å². The van der Waals surface area contributed by atoms with Crippen LogP contribution in [0, 0.1) is 0 Å². The van der Waals surface area contributed by atoms with Crippen molar-refractivity contribution in [1.82, 2.24) is 0 Å². The molecular formula is C76H71NO2.